The molecule has 0 saturated carbocycles. The Kier molecular flexibility index (Phi) is 3.96. The number of amides is 1. The smallest absolute Gasteiger partial charge is 0.276 e. The Labute approximate surface area is 123 Å². The van der Waals surface area contributed by atoms with Gasteiger partial charge in [-0.1, -0.05) is 35.5 Å². The van der Waals surface area contributed by atoms with Crippen LogP contribution in [0.25, 0.3) is 0 Å². The monoisotopic (exact) mass is 285 g/mol. The van der Waals surface area contributed by atoms with Crippen LogP contribution in [0.15, 0.2) is 36.5 Å². The van der Waals surface area contributed by atoms with Gasteiger partial charge in [-0.05, 0) is 12.5 Å². The van der Waals surface area contributed by atoms with E-state index in [0.29, 0.717) is 18.8 Å². The summed E-state index contributed by atoms with van der Waals surface area (Å²) in [5, 5.41) is 11.4. The highest BCUT2D eigenvalue weighted by molar-refractivity contribution is 5.92. The van der Waals surface area contributed by atoms with Crippen molar-refractivity contribution in [2.24, 2.45) is 0 Å². The molecule has 1 amide bonds. The molecule has 110 valence electrons. The van der Waals surface area contributed by atoms with Crippen LogP contribution < -0.4 is 5.32 Å². The predicted octanol–water partition coefficient (Wildman–Crippen LogP) is 0.760. The topological polar surface area (TPSA) is 63.1 Å². The first-order valence-corrected chi connectivity index (χ1v) is 7.20. The van der Waals surface area contributed by atoms with E-state index in [1.807, 2.05) is 42.2 Å². The number of carbonyl (C=O) groups is 1. The molecule has 2 heterocycles. The third-order valence-corrected chi connectivity index (χ3v) is 3.71. The number of benzene rings is 1. The number of rotatable bonds is 3. The lowest BCUT2D eigenvalue weighted by Gasteiger charge is -2.33. The summed E-state index contributed by atoms with van der Waals surface area (Å²) >= 11 is 0. The highest BCUT2D eigenvalue weighted by Crippen LogP contribution is 2.09. The molecular weight excluding hydrogens is 266 g/mol. The molecule has 0 aliphatic carbocycles. The SMILES string of the molecule is C[C@H]1CNCCN1C(=O)c1cn(Cc2ccccc2)nn1. The van der Waals surface area contributed by atoms with Crippen LogP contribution in [-0.4, -0.2) is 51.5 Å². The minimum Gasteiger partial charge on any atom is -0.332 e. The Hall–Kier alpha value is -2.21. The molecule has 2 aromatic rings. The second-order valence-corrected chi connectivity index (χ2v) is 5.34. The summed E-state index contributed by atoms with van der Waals surface area (Å²) in [6, 6.07) is 10.2. The van der Waals surface area contributed by atoms with E-state index in [1.54, 1.807) is 10.9 Å². The molecule has 0 spiro atoms. The Bertz CT molecular complexity index is 610. The Morgan fingerprint density at radius 1 is 1.38 bits per heavy atom. The second kappa shape index (κ2) is 6.05. The number of hydrogen-bond donors (Lipinski definition) is 1. The van der Waals surface area contributed by atoms with Gasteiger partial charge in [0.15, 0.2) is 5.69 Å². The molecule has 6 heteroatoms. The molecule has 1 N–H and O–H groups in total. The van der Waals surface area contributed by atoms with Gasteiger partial charge in [-0.3, -0.25) is 4.79 Å². The molecule has 0 radical (unpaired) electrons. The van der Waals surface area contributed by atoms with Crippen LogP contribution >= 0.6 is 0 Å². The van der Waals surface area contributed by atoms with E-state index in [9.17, 15) is 4.79 Å². The molecule has 0 bridgehead atoms. The van der Waals surface area contributed by atoms with E-state index in [1.165, 1.54) is 0 Å². The minimum atomic E-state index is -0.0386. The quantitative estimate of drug-likeness (QED) is 0.904. The van der Waals surface area contributed by atoms with Crippen molar-refractivity contribution in [2.45, 2.75) is 19.5 Å². The molecule has 1 aromatic heterocycles. The lowest BCUT2D eigenvalue weighted by Crippen LogP contribution is -2.52. The lowest BCUT2D eigenvalue weighted by atomic mass is 10.2. The standard InChI is InChI=1S/C15H19N5O/c1-12-9-16-7-8-20(12)15(21)14-11-19(18-17-14)10-13-5-3-2-4-6-13/h2-6,11-12,16H,7-10H2,1H3/t12-/m0/s1. The molecule has 1 atom stereocenters. The second-order valence-electron chi connectivity index (χ2n) is 5.34. The van der Waals surface area contributed by atoms with Crippen LogP contribution in [0.4, 0.5) is 0 Å². The highest BCUT2D eigenvalue weighted by Gasteiger charge is 2.25. The van der Waals surface area contributed by atoms with Crippen molar-refractivity contribution in [3.63, 3.8) is 0 Å². The third-order valence-electron chi connectivity index (χ3n) is 3.71. The zero-order chi connectivity index (χ0) is 14.7. The molecule has 1 aliphatic heterocycles. The number of carbonyl (C=O) groups excluding carboxylic acids is 1. The van der Waals surface area contributed by atoms with Gasteiger partial charge in [-0.2, -0.15) is 0 Å². The van der Waals surface area contributed by atoms with E-state index >= 15 is 0 Å². The van der Waals surface area contributed by atoms with E-state index in [2.05, 4.69) is 15.6 Å². The van der Waals surface area contributed by atoms with E-state index in [0.717, 1.165) is 18.7 Å². The Morgan fingerprint density at radius 2 is 2.19 bits per heavy atom. The maximum absolute atomic E-state index is 12.5. The predicted molar refractivity (Wildman–Crippen MR) is 78.9 cm³/mol. The molecular formula is C15H19N5O. The van der Waals surface area contributed by atoms with E-state index < -0.39 is 0 Å². The van der Waals surface area contributed by atoms with E-state index in [4.69, 9.17) is 0 Å². The first kappa shape index (κ1) is 13.8. The molecule has 1 fully saturated rings. The molecule has 1 aromatic carbocycles. The summed E-state index contributed by atoms with van der Waals surface area (Å²) in [6.45, 7) is 5.03. The van der Waals surface area contributed by atoms with E-state index in [-0.39, 0.29) is 11.9 Å². The zero-order valence-corrected chi connectivity index (χ0v) is 12.1. The van der Waals surface area contributed by atoms with Gasteiger partial charge < -0.3 is 10.2 Å². The highest BCUT2D eigenvalue weighted by atomic mass is 16.2. The molecule has 0 unspecified atom stereocenters. The number of nitrogens with one attached hydrogen (secondary N) is 1. The van der Waals surface area contributed by atoms with Crippen LogP contribution in [0.3, 0.4) is 0 Å². The van der Waals surface area contributed by atoms with Crippen molar-refractivity contribution in [1.29, 1.82) is 0 Å². The van der Waals surface area contributed by atoms with Crippen LogP contribution in [0.1, 0.15) is 23.0 Å². The normalized spacial score (nSPS) is 18.7. The van der Waals surface area contributed by atoms with Gasteiger partial charge >= 0.3 is 0 Å². The summed E-state index contributed by atoms with van der Waals surface area (Å²) in [5.41, 5.74) is 1.55. The summed E-state index contributed by atoms with van der Waals surface area (Å²) in [4.78, 5) is 14.3. The third kappa shape index (κ3) is 3.11. The number of hydrogen-bond acceptors (Lipinski definition) is 4. The number of aromatic nitrogens is 3. The van der Waals surface area contributed by atoms with Crippen LogP contribution in [0, 0.1) is 0 Å². The Balaban J connectivity index is 1.71. The largest absolute Gasteiger partial charge is 0.332 e. The number of piperazine rings is 1. The van der Waals surface area contributed by atoms with Gasteiger partial charge in [0.2, 0.25) is 0 Å². The molecule has 1 saturated heterocycles. The van der Waals surface area contributed by atoms with Crippen molar-refractivity contribution in [1.82, 2.24) is 25.2 Å². The lowest BCUT2D eigenvalue weighted by molar-refractivity contribution is 0.0649. The summed E-state index contributed by atoms with van der Waals surface area (Å²) < 4.78 is 1.70. The Morgan fingerprint density at radius 3 is 2.95 bits per heavy atom. The first-order chi connectivity index (χ1) is 10.2. The van der Waals surface area contributed by atoms with Crippen LogP contribution in [0.2, 0.25) is 0 Å². The van der Waals surface area contributed by atoms with Gasteiger partial charge in [0.25, 0.3) is 5.91 Å². The fourth-order valence-electron chi connectivity index (χ4n) is 2.53. The fourth-order valence-corrected chi connectivity index (χ4v) is 2.53. The summed E-state index contributed by atoms with van der Waals surface area (Å²) in [5.74, 6) is -0.0386. The van der Waals surface area contributed by atoms with Crippen molar-refractivity contribution < 1.29 is 4.79 Å². The van der Waals surface area contributed by atoms with Gasteiger partial charge in [-0.25, -0.2) is 4.68 Å². The van der Waals surface area contributed by atoms with Crippen molar-refractivity contribution in [3.05, 3.63) is 47.8 Å². The summed E-state index contributed by atoms with van der Waals surface area (Å²) in [6.07, 6.45) is 1.73. The van der Waals surface area contributed by atoms with Gasteiger partial charge in [0.05, 0.1) is 12.7 Å². The molecule has 3 rings (SSSR count). The number of nitrogens with zero attached hydrogens (tertiary/aromatic N) is 4. The van der Waals surface area contributed by atoms with Gasteiger partial charge in [0, 0.05) is 25.7 Å². The summed E-state index contributed by atoms with van der Waals surface area (Å²) in [7, 11) is 0. The van der Waals surface area contributed by atoms with Crippen molar-refractivity contribution in [2.75, 3.05) is 19.6 Å². The van der Waals surface area contributed by atoms with Gasteiger partial charge in [0.1, 0.15) is 0 Å². The molecule has 1 aliphatic rings. The molecule has 21 heavy (non-hydrogen) atoms. The van der Waals surface area contributed by atoms with Crippen LogP contribution in [-0.2, 0) is 6.54 Å². The minimum absolute atomic E-state index is 0.0386. The maximum Gasteiger partial charge on any atom is 0.276 e. The average molecular weight is 285 g/mol. The maximum atomic E-state index is 12.5. The first-order valence-electron chi connectivity index (χ1n) is 7.20. The van der Waals surface area contributed by atoms with Crippen molar-refractivity contribution in [3.8, 4) is 0 Å². The zero-order valence-electron chi connectivity index (χ0n) is 12.1. The average Bonchev–Trinajstić information content (AvgIpc) is 2.97. The van der Waals surface area contributed by atoms with Crippen molar-refractivity contribution >= 4 is 5.91 Å². The van der Waals surface area contributed by atoms with Crippen LogP contribution in [0.5, 0.6) is 0 Å². The molecule has 6 nitrogen and oxygen atoms in total. The van der Waals surface area contributed by atoms with Gasteiger partial charge in [-0.15, -0.1) is 5.10 Å². The fraction of sp³-hybridized carbons (Fsp3) is 0.400.